The molecule has 0 unspecified atom stereocenters. The lowest BCUT2D eigenvalue weighted by atomic mass is 9.89. The molecular weight excluding hydrogens is 398 g/mol. The van der Waals surface area contributed by atoms with E-state index >= 15 is 0 Å². The minimum Gasteiger partial charge on any atom is -0.497 e. The summed E-state index contributed by atoms with van der Waals surface area (Å²) in [7, 11) is -1.86. The van der Waals surface area contributed by atoms with Gasteiger partial charge in [-0.2, -0.15) is 0 Å². The third-order valence-electron chi connectivity index (χ3n) is 5.16. The Bertz CT molecular complexity index is 920. The zero-order chi connectivity index (χ0) is 20.1. The van der Waals surface area contributed by atoms with Crippen molar-refractivity contribution in [1.82, 2.24) is 4.90 Å². The van der Waals surface area contributed by atoms with Gasteiger partial charge in [-0.15, -0.1) is 0 Å². The molecule has 0 spiro atoms. The molecule has 1 heterocycles. The molecule has 0 N–H and O–H groups in total. The number of halogens is 1. The Kier molecular flexibility index (Phi) is 6.75. The van der Waals surface area contributed by atoms with Crippen molar-refractivity contribution >= 4 is 27.2 Å². The van der Waals surface area contributed by atoms with E-state index in [1.807, 2.05) is 0 Å². The van der Waals surface area contributed by atoms with Crippen LogP contribution in [-0.4, -0.2) is 51.6 Å². The normalized spacial score (nSPS) is 16.1. The van der Waals surface area contributed by atoms with Gasteiger partial charge in [0.25, 0.3) is 0 Å². The lowest BCUT2D eigenvalue weighted by Gasteiger charge is -2.31. The molecular formula is C21H24ClNO4S. The average Bonchev–Trinajstić information content (AvgIpc) is 2.73. The molecule has 2 aromatic rings. The van der Waals surface area contributed by atoms with Crippen LogP contribution in [0.3, 0.4) is 0 Å². The summed E-state index contributed by atoms with van der Waals surface area (Å²) in [5.41, 5.74) is 0.684. The van der Waals surface area contributed by atoms with Crippen LogP contribution in [0.25, 0.3) is 0 Å². The Labute approximate surface area is 171 Å². The third kappa shape index (κ3) is 5.13. The SMILES string of the molecule is COc1cccc(S(=O)(=O)CCN2CCC(C(=O)c3ccc(Cl)cc3)CC2)c1. The van der Waals surface area contributed by atoms with Gasteiger partial charge in [0.15, 0.2) is 15.6 Å². The second-order valence-corrected chi connectivity index (χ2v) is 9.53. The molecule has 0 radical (unpaired) electrons. The summed E-state index contributed by atoms with van der Waals surface area (Å²) in [6, 6.07) is 13.5. The van der Waals surface area contributed by atoms with Gasteiger partial charge in [0, 0.05) is 23.0 Å². The first kappa shape index (κ1) is 20.8. The van der Waals surface area contributed by atoms with E-state index in [4.69, 9.17) is 16.3 Å². The number of likely N-dealkylation sites (tertiary alicyclic amines) is 1. The number of nitrogens with zero attached hydrogens (tertiary/aromatic N) is 1. The van der Waals surface area contributed by atoms with Crippen molar-refractivity contribution in [3.05, 3.63) is 59.1 Å². The highest BCUT2D eigenvalue weighted by Crippen LogP contribution is 2.23. The van der Waals surface area contributed by atoms with Gasteiger partial charge in [-0.1, -0.05) is 17.7 Å². The van der Waals surface area contributed by atoms with Crippen LogP contribution in [0.15, 0.2) is 53.4 Å². The Balaban J connectivity index is 1.52. The fourth-order valence-electron chi connectivity index (χ4n) is 3.43. The summed E-state index contributed by atoms with van der Waals surface area (Å²) in [5.74, 6) is 0.700. The number of sulfone groups is 1. The number of ketones is 1. The van der Waals surface area contributed by atoms with Crippen molar-refractivity contribution < 1.29 is 17.9 Å². The van der Waals surface area contributed by atoms with Crippen LogP contribution < -0.4 is 4.74 Å². The average molecular weight is 422 g/mol. The van der Waals surface area contributed by atoms with Crippen molar-refractivity contribution in [2.24, 2.45) is 5.92 Å². The predicted octanol–water partition coefficient (Wildman–Crippen LogP) is 3.72. The zero-order valence-corrected chi connectivity index (χ0v) is 17.4. The molecule has 150 valence electrons. The number of carbonyl (C=O) groups is 1. The zero-order valence-electron chi connectivity index (χ0n) is 15.8. The van der Waals surface area contributed by atoms with Crippen LogP contribution >= 0.6 is 11.6 Å². The van der Waals surface area contributed by atoms with Crippen LogP contribution in [0.2, 0.25) is 5.02 Å². The minimum absolute atomic E-state index is 0.0209. The Morgan fingerprint density at radius 3 is 2.46 bits per heavy atom. The van der Waals surface area contributed by atoms with E-state index in [9.17, 15) is 13.2 Å². The molecule has 2 aromatic carbocycles. The topological polar surface area (TPSA) is 63.7 Å². The van der Waals surface area contributed by atoms with Crippen molar-refractivity contribution in [2.45, 2.75) is 17.7 Å². The first-order valence-corrected chi connectivity index (χ1v) is 11.3. The van der Waals surface area contributed by atoms with E-state index in [0.717, 1.165) is 25.9 Å². The van der Waals surface area contributed by atoms with Gasteiger partial charge in [0.1, 0.15) is 5.75 Å². The van der Waals surface area contributed by atoms with Crippen LogP contribution in [0.5, 0.6) is 5.75 Å². The third-order valence-corrected chi connectivity index (χ3v) is 7.11. The second kappa shape index (κ2) is 9.07. The fourth-order valence-corrected chi connectivity index (χ4v) is 4.87. The molecule has 1 aliphatic heterocycles. The van der Waals surface area contributed by atoms with Crippen LogP contribution in [0.4, 0.5) is 0 Å². The number of Topliss-reactive ketones (excluding diaryl/α,β-unsaturated/α-hetero) is 1. The number of benzene rings is 2. The van der Waals surface area contributed by atoms with Gasteiger partial charge < -0.3 is 9.64 Å². The number of piperidine rings is 1. The maximum Gasteiger partial charge on any atom is 0.179 e. The predicted molar refractivity (Wildman–Crippen MR) is 110 cm³/mol. The van der Waals surface area contributed by atoms with Crippen molar-refractivity contribution in [3.63, 3.8) is 0 Å². The summed E-state index contributed by atoms with van der Waals surface area (Å²) >= 11 is 5.88. The van der Waals surface area contributed by atoms with Crippen LogP contribution in [0, 0.1) is 5.92 Å². The van der Waals surface area contributed by atoms with Crippen LogP contribution in [-0.2, 0) is 9.84 Å². The van der Waals surface area contributed by atoms with E-state index in [1.165, 1.54) is 7.11 Å². The molecule has 0 aromatic heterocycles. The highest BCUT2D eigenvalue weighted by Gasteiger charge is 2.26. The van der Waals surface area contributed by atoms with Gasteiger partial charge >= 0.3 is 0 Å². The molecule has 0 atom stereocenters. The lowest BCUT2D eigenvalue weighted by Crippen LogP contribution is -2.38. The first-order valence-electron chi connectivity index (χ1n) is 9.28. The molecule has 1 aliphatic rings. The van der Waals surface area contributed by atoms with Gasteiger partial charge in [0.05, 0.1) is 17.8 Å². The first-order chi connectivity index (χ1) is 13.4. The van der Waals surface area contributed by atoms with E-state index in [1.54, 1.807) is 48.5 Å². The molecule has 7 heteroatoms. The molecule has 0 amide bonds. The standard InChI is InChI=1S/C21H24ClNO4S/c1-27-19-3-2-4-20(15-19)28(25,26)14-13-23-11-9-17(10-12-23)21(24)16-5-7-18(22)8-6-16/h2-8,15,17H,9-14H2,1H3. The highest BCUT2D eigenvalue weighted by atomic mass is 35.5. The Hall–Kier alpha value is -1.89. The Morgan fingerprint density at radius 1 is 1.14 bits per heavy atom. The van der Waals surface area contributed by atoms with E-state index in [-0.39, 0.29) is 22.3 Å². The van der Waals surface area contributed by atoms with Crippen LogP contribution in [0.1, 0.15) is 23.2 Å². The molecule has 0 bridgehead atoms. The molecule has 5 nitrogen and oxygen atoms in total. The number of ether oxygens (including phenoxy) is 1. The number of rotatable bonds is 7. The van der Waals surface area contributed by atoms with Gasteiger partial charge in [0.2, 0.25) is 0 Å². The smallest absolute Gasteiger partial charge is 0.179 e. The number of methoxy groups -OCH3 is 1. The number of hydrogen-bond donors (Lipinski definition) is 0. The summed E-state index contributed by atoms with van der Waals surface area (Å²) in [6.07, 6.45) is 1.47. The van der Waals surface area contributed by atoms with E-state index in [2.05, 4.69) is 4.90 Å². The van der Waals surface area contributed by atoms with E-state index in [0.29, 0.717) is 22.9 Å². The largest absolute Gasteiger partial charge is 0.497 e. The van der Waals surface area contributed by atoms with E-state index < -0.39 is 9.84 Å². The summed E-state index contributed by atoms with van der Waals surface area (Å²) in [5, 5.41) is 0.614. The quantitative estimate of drug-likeness (QED) is 0.637. The molecule has 3 rings (SSSR count). The Morgan fingerprint density at radius 2 is 1.82 bits per heavy atom. The second-order valence-electron chi connectivity index (χ2n) is 6.98. The van der Waals surface area contributed by atoms with Gasteiger partial charge in [-0.25, -0.2) is 8.42 Å². The van der Waals surface area contributed by atoms with Gasteiger partial charge in [-0.3, -0.25) is 4.79 Å². The maximum atomic E-state index is 12.6. The summed E-state index contributed by atoms with van der Waals surface area (Å²) in [6.45, 7) is 1.90. The molecule has 0 saturated carbocycles. The van der Waals surface area contributed by atoms with Gasteiger partial charge in [-0.05, 0) is 68.4 Å². The van der Waals surface area contributed by atoms with Crippen molar-refractivity contribution in [3.8, 4) is 5.75 Å². The maximum absolute atomic E-state index is 12.6. The molecule has 1 fully saturated rings. The summed E-state index contributed by atoms with van der Waals surface area (Å²) < 4.78 is 30.3. The monoisotopic (exact) mass is 421 g/mol. The fraction of sp³-hybridized carbons (Fsp3) is 0.381. The molecule has 0 aliphatic carbocycles. The number of carbonyl (C=O) groups excluding carboxylic acids is 1. The molecule has 28 heavy (non-hydrogen) atoms. The number of hydrogen-bond acceptors (Lipinski definition) is 5. The molecule has 1 saturated heterocycles. The minimum atomic E-state index is -3.37. The van der Waals surface area contributed by atoms with Crippen molar-refractivity contribution in [1.29, 1.82) is 0 Å². The summed E-state index contributed by atoms with van der Waals surface area (Å²) in [4.78, 5) is 15.0. The highest BCUT2D eigenvalue weighted by molar-refractivity contribution is 7.91. The lowest BCUT2D eigenvalue weighted by molar-refractivity contribution is 0.0844. The van der Waals surface area contributed by atoms with Crippen molar-refractivity contribution in [2.75, 3.05) is 32.5 Å².